The van der Waals surface area contributed by atoms with Crippen LogP contribution in [0.15, 0.2) is 41.6 Å². The molecule has 0 fully saturated rings. The van der Waals surface area contributed by atoms with Gasteiger partial charge in [0.05, 0.1) is 5.57 Å². The fourth-order valence-electron chi connectivity index (χ4n) is 1.78. The van der Waals surface area contributed by atoms with Gasteiger partial charge in [-0.3, -0.25) is 0 Å². The topological polar surface area (TPSA) is 40.5 Å². The van der Waals surface area contributed by atoms with E-state index in [1.165, 1.54) is 5.56 Å². The lowest BCUT2D eigenvalue weighted by molar-refractivity contribution is -0.132. The predicted octanol–water partition coefficient (Wildman–Crippen LogP) is 2.54. The summed E-state index contributed by atoms with van der Waals surface area (Å²) < 4.78 is 0. The lowest BCUT2D eigenvalue weighted by Gasteiger charge is -2.19. The molecular formula is C14H19NO2. The van der Waals surface area contributed by atoms with Crippen LogP contribution in [-0.4, -0.2) is 30.1 Å². The Morgan fingerprint density at radius 3 is 2.29 bits per heavy atom. The molecule has 0 radical (unpaired) electrons. The van der Waals surface area contributed by atoms with Crippen LogP contribution in [0.25, 0.3) is 0 Å². The van der Waals surface area contributed by atoms with Crippen LogP contribution < -0.4 is 0 Å². The van der Waals surface area contributed by atoms with Gasteiger partial charge in [0.2, 0.25) is 0 Å². The van der Waals surface area contributed by atoms with Crippen molar-refractivity contribution in [2.45, 2.75) is 19.8 Å². The third-order valence-corrected chi connectivity index (χ3v) is 2.79. The molecule has 3 nitrogen and oxygen atoms in total. The molecule has 0 atom stereocenters. The van der Waals surface area contributed by atoms with Crippen LogP contribution in [0.2, 0.25) is 0 Å². The van der Waals surface area contributed by atoms with Crippen molar-refractivity contribution in [2.24, 2.45) is 0 Å². The van der Waals surface area contributed by atoms with E-state index in [-0.39, 0.29) is 0 Å². The van der Waals surface area contributed by atoms with Gasteiger partial charge in [0.1, 0.15) is 0 Å². The van der Waals surface area contributed by atoms with Gasteiger partial charge in [-0.15, -0.1) is 0 Å². The Kier molecular flexibility index (Phi) is 4.76. The number of allylic oxidation sites excluding steroid dienone is 1. The second kappa shape index (κ2) is 6.09. The van der Waals surface area contributed by atoms with Crippen LogP contribution in [-0.2, 0) is 11.2 Å². The molecule has 3 heteroatoms. The van der Waals surface area contributed by atoms with E-state index < -0.39 is 5.97 Å². The highest BCUT2D eigenvalue weighted by Gasteiger charge is 2.11. The first-order valence-corrected chi connectivity index (χ1v) is 5.66. The van der Waals surface area contributed by atoms with Crippen LogP contribution in [0.1, 0.15) is 18.9 Å². The molecule has 0 unspecified atom stereocenters. The average Bonchev–Trinajstić information content (AvgIpc) is 2.29. The maximum absolute atomic E-state index is 11.0. The SMILES string of the molecule is CC(C(=O)O)=C(CCc1ccccc1)N(C)C. The zero-order chi connectivity index (χ0) is 12.8. The lowest BCUT2D eigenvalue weighted by Crippen LogP contribution is -2.17. The van der Waals surface area contributed by atoms with E-state index in [0.29, 0.717) is 5.57 Å². The first kappa shape index (κ1) is 13.3. The monoisotopic (exact) mass is 233 g/mol. The van der Waals surface area contributed by atoms with Gasteiger partial charge >= 0.3 is 5.97 Å². The number of aryl methyl sites for hydroxylation is 1. The Morgan fingerprint density at radius 1 is 1.24 bits per heavy atom. The summed E-state index contributed by atoms with van der Waals surface area (Å²) in [7, 11) is 3.76. The Labute approximate surface area is 102 Å². The highest BCUT2D eigenvalue weighted by molar-refractivity contribution is 5.86. The van der Waals surface area contributed by atoms with Gasteiger partial charge in [0, 0.05) is 19.8 Å². The van der Waals surface area contributed by atoms with Gasteiger partial charge in [0.15, 0.2) is 0 Å². The maximum Gasteiger partial charge on any atom is 0.333 e. The third kappa shape index (κ3) is 3.94. The van der Waals surface area contributed by atoms with Crippen molar-refractivity contribution >= 4 is 5.97 Å². The predicted molar refractivity (Wildman–Crippen MR) is 68.8 cm³/mol. The van der Waals surface area contributed by atoms with Crippen molar-refractivity contribution in [3.05, 3.63) is 47.2 Å². The van der Waals surface area contributed by atoms with Gasteiger partial charge in [-0.1, -0.05) is 30.3 Å². The molecule has 0 heterocycles. The summed E-state index contributed by atoms with van der Waals surface area (Å²) in [6, 6.07) is 10.1. The van der Waals surface area contributed by atoms with Crippen LogP contribution >= 0.6 is 0 Å². The Balaban J connectivity index is 2.77. The molecule has 0 aromatic heterocycles. The normalized spacial score (nSPS) is 11.9. The Morgan fingerprint density at radius 2 is 1.82 bits per heavy atom. The van der Waals surface area contributed by atoms with Crippen molar-refractivity contribution in [3.63, 3.8) is 0 Å². The number of hydrogen-bond acceptors (Lipinski definition) is 2. The van der Waals surface area contributed by atoms with E-state index in [9.17, 15) is 4.79 Å². The van der Waals surface area contributed by atoms with E-state index in [1.54, 1.807) is 6.92 Å². The number of carboxylic acid groups (broad SMARTS) is 1. The van der Waals surface area contributed by atoms with Gasteiger partial charge in [-0.05, 0) is 25.3 Å². The summed E-state index contributed by atoms with van der Waals surface area (Å²) >= 11 is 0. The molecule has 1 aromatic rings. The summed E-state index contributed by atoms with van der Waals surface area (Å²) in [6.45, 7) is 1.66. The van der Waals surface area contributed by atoms with Gasteiger partial charge in [-0.2, -0.15) is 0 Å². The highest BCUT2D eigenvalue weighted by atomic mass is 16.4. The largest absolute Gasteiger partial charge is 0.478 e. The van der Waals surface area contributed by atoms with Crippen LogP contribution in [0, 0.1) is 0 Å². The number of aliphatic carboxylic acids is 1. The second-order valence-corrected chi connectivity index (χ2v) is 4.26. The highest BCUT2D eigenvalue weighted by Crippen LogP contribution is 2.15. The van der Waals surface area contributed by atoms with E-state index in [4.69, 9.17) is 5.11 Å². The van der Waals surface area contributed by atoms with E-state index in [1.807, 2.05) is 37.2 Å². The molecule has 92 valence electrons. The number of benzene rings is 1. The zero-order valence-corrected chi connectivity index (χ0v) is 10.6. The smallest absolute Gasteiger partial charge is 0.333 e. The number of carbonyl (C=O) groups is 1. The molecule has 1 rings (SSSR count). The minimum Gasteiger partial charge on any atom is -0.478 e. The summed E-state index contributed by atoms with van der Waals surface area (Å²) in [5.74, 6) is -0.846. The molecule has 0 spiro atoms. The molecule has 1 aromatic carbocycles. The molecule has 1 N–H and O–H groups in total. The fourth-order valence-corrected chi connectivity index (χ4v) is 1.78. The summed E-state index contributed by atoms with van der Waals surface area (Å²) in [5, 5.41) is 9.01. The fraction of sp³-hybridized carbons (Fsp3) is 0.357. The molecule has 0 aliphatic heterocycles. The summed E-state index contributed by atoms with van der Waals surface area (Å²) in [6.07, 6.45) is 1.61. The minimum atomic E-state index is -0.846. The van der Waals surface area contributed by atoms with Crippen molar-refractivity contribution in [1.82, 2.24) is 4.90 Å². The van der Waals surface area contributed by atoms with Gasteiger partial charge < -0.3 is 10.0 Å². The zero-order valence-electron chi connectivity index (χ0n) is 10.6. The molecule has 0 aliphatic rings. The van der Waals surface area contributed by atoms with Crippen molar-refractivity contribution in [2.75, 3.05) is 14.1 Å². The average molecular weight is 233 g/mol. The molecule has 0 aliphatic carbocycles. The number of hydrogen-bond donors (Lipinski definition) is 1. The summed E-state index contributed by atoms with van der Waals surface area (Å²) in [5.41, 5.74) is 2.53. The van der Waals surface area contributed by atoms with Crippen LogP contribution in [0.5, 0.6) is 0 Å². The molecule has 0 saturated heterocycles. The summed E-state index contributed by atoms with van der Waals surface area (Å²) in [4.78, 5) is 12.9. The molecule has 0 saturated carbocycles. The van der Waals surface area contributed by atoms with E-state index >= 15 is 0 Å². The minimum absolute atomic E-state index is 0.422. The third-order valence-electron chi connectivity index (χ3n) is 2.79. The molecule has 17 heavy (non-hydrogen) atoms. The van der Waals surface area contributed by atoms with Gasteiger partial charge in [-0.25, -0.2) is 4.79 Å². The standard InChI is InChI=1S/C14H19NO2/c1-11(14(16)17)13(15(2)3)10-9-12-7-5-4-6-8-12/h4-8H,9-10H2,1-3H3,(H,16,17). The van der Waals surface area contributed by atoms with E-state index in [0.717, 1.165) is 18.5 Å². The maximum atomic E-state index is 11.0. The Hall–Kier alpha value is -1.77. The Bertz CT molecular complexity index is 407. The molecule has 0 amide bonds. The van der Waals surface area contributed by atoms with Gasteiger partial charge in [0.25, 0.3) is 0 Å². The van der Waals surface area contributed by atoms with Crippen molar-refractivity contribution in [3.8, 4) is 0 Å². The van der Waals surface area contributed by atoms with Crippen LogP contribution in [0.3, 0.4) is 0 Å². The first-order chi connectivity index (χ1) is 8.02. The molecular weight excluding hydrogens is 214 g/mol. The van der Waals surface area contributed by atoms with E-state index in [2.05, 4.69) is 12.1 Å². The lowest BCUT2D eigenvalue weighted by atomic mass is 10.1. The number of nitrogens with zero attached hydrogens (tertiary/aromatic N) is 1. The van der Waals surface area contributed by atoms with Crippen molar-refractivity contribution in [1.29, 1.82) is 0 Å². The molecule has 0 bridgehead atoms. The number of carboxylic acids is 1. The number of rotatable bonds is 5. The second-order valence-electron chi connectivity index (χ2n) is 4.26. The first-order valence-electron chi connectivity index (χ1n) is 5.66. The van der Waals surface area contributed by atoms with Crippen molar-refractivity contribution < 1.29 is 9.90 Å². The van der Waals surface area contributed by atoms with Crippen LogP contribution in [0.4, 0.5) is 0 Å². The quantitative estimate of drug-likeness (QED) is 0.794.